The lowest BCUT2D eigenvalue weighted by Crippen LogP contribution is -2.36. The van der Waals surface area contributed by atoms with Crippen molar-refractivity contribution in [1.29, 1.82) is 0 Å². The number of carbonyl (C=O) groups is 1. The topological polar surface area (TPSA) is 62.5 Å². The highest BCUT2D eigenvalue weighted by atomic mass is 32.1. The largest absolute Gasteiger partial charge is 0.506 e. The van der Waals surface area contributed by atoms with Gasteiger partial charge in [-0.3, -0.25) is 9.59 Å². The van der Waals surface area contributed by atoms with E-state index in [-0.39, 0.29) is 17.2 Å². The van der Waals surface area contributed by atoms with Gasteiger partial charge in [-0.05, 0) is 35.9 Å². The molecule has 0 saturated heterocycles. The Balaban J connectivity index is 2.26. The molecule has 6 heteroatoms. The summed E-state index contributed by atoms with van der Waals surface area (Å²) in [6.45, 7) is 6.28. The summed E-state index contributed by atoms with van der Waals surface area (Å²) < 4.78 is 1.46. The van der Waals surface area contributed by atoms with Crippen molar-refractivity contribution < 1.29 is 9.90 Å². The average molecular weight is 370 g/mol. The molecule has 0 unspecified atom stereocenters. The minimum absolute atomic E-state index is 0.173. The number of anilines is 1. The Bertz CT molecular complexity index is 1020. The van der Waals surface area contributed by atoms with Crippen LogP contribution in [0.4, 0.5) is 5.69 Å². The van der Waals surface area contributed by atoms with Crippen LogP contribution in [0, 0.1) is 0 Å². The quantitative estimate of drug-likeness (QED) is 0.752. The van der Waals surface area contributed by atoms with Gasteiger partial charge in [-0.15, -0.1) is 11.3 Å². The van der Waals surface area contributed by atoms with Gasteiger partial charge in [0, 0.05) is 19.3 Å². The highest BCUT2D eigenvalue weighted by molar-refractivity contribution is 7.17. The molecule has 0 radical (unpaired) electrons. The van der Waals surface area contributed by atoms with Crippen molar-refractivity contribution in [3.05, 3.63) is 57.2 Å². The number of hydrogen-bond donors (Lipinski definition) is 1. The third kappa shape index (κ3) is 2.80. The summed E-state index contributed by atoms with van der Waals surface area (Å²) in [4.78, 5) is 28.2. The molecule has 0 aliphatic rings. The summed E-state index contributed by atoms with van der Waals surface area (Å²) in [5.74, 6) is -0.529. The molecule has 0 bridgehead atoms. The Morgan fingerprint density at radius 3 is 2.50 bits per heavy atom. The van der Waals surface area contributed by atoms with E-state index in [1.54, 1.807) is 7.05 Å². The highest BCUT2D eigenvalue weighted by Crippen LogP contribution is 2.38. The number of hydrogen-bond acceptors (Lipinski definition) is 4. The molecule has 0 fully saturated rings. The maximum Gasteiger partial charge on any atom is 0.268 e. The Kier molecular flexibility index (Phi) is 4.87. The Morgan fingerprint density at radius 2 is 1.92 bits per heavy atom. The molecule has 3 aromatic rings. The minimum Gasteiger partial charge on any atom is -0.506 e. The van der Waals surface area contributed by atoms with E-state index in [2.05, 4.69) is 0 Å². The zero-order valence-corrected chi connectivity index (χ0v) is 16.1. The van der Waals surface area contributed by atoms with Crippen molar-refractivity contribution in [2.24, 2.45) is 7.05 Å². The summed E-state index contributed by atoms with van der Waals surface area (Å²) in [6.07, 6.45) is 0. The lowest BCUT2D eigenvalue weighted by atomic mass is 10.0. The van der Waals surface area contributed by atoms with Gasteiger partial charge in [0.25, 0.3) is 11.5 Å². The molecule has 5 nitrogen and oxygen atoms in total. The first-order chi connectivity index (χ1) is 12.4. The first-order valence-corrected chi connectivity index (χ1v) is 9.46. The molecule has 0 aliphatic heterocycles. The van der Waals surface area contributed by atoms with Crippen molar-refractivity contribution in [3.63, 3.8) is 0 Å². The lowest BCUT2D eigenvalue weighted by Gasteiger charge is -2.22. The van der Waals surface area contributed by atoms with Crippen LogP contribution in [0.15, 0.2) is 40.5 Å². The van der Waals surface area contributed by atoms with Crippen LogP contribution < -0.4 is 10.5 Å². The van der Waals surface area contributed by atoms with Crippen LogP contribution in [0.1, 0.15) is 42.6 Å². The van der Waals surface area contributed by atoms with Crippen LogP contribution in [0.5, 0.6) is 5.75 Å². The van der Waals surface area contributed by atoms with Gasteiger partial charge in [0.1, 0.15) is 16.1 Å². The molecule has 0 saturated carbocycles. The Hall–Kier alpha value is -2.60. The van der Waals surface area contributed by atoms with Gasteiger partial charge < -0.3 is 14.6 Å². The first kappa shape index (κ1) is 18.2. The van der Waals surface area contributed by atoms with Gasteiger partial charge in [-0.25, -0.2) is 0 Å². The second kappa shape index (κ2) is 6.96. The number of fused-ring (bicyclic) bond motifs is 1. The molecule has 2 heterocycles. The Morgan fingerprint density at radius 1 is 1.27 bits per heavy atom. The number of nitrogens with zero attached hydrogens (tertiary/aromatic N) is 2. The fourth-order valence-electron chi connectivity index (χ4n) is 3.14. The first-order valence-electron chi connectivity index (χ1n) is 8.58. The molecule has 2 aromatic heterocycles. The van der Waals surface area contributed by atoms with Gasteiger partial charge in [-0.2, -0.15) is 0 Å². The van der Waals surface area contributed by atoms with E-state index in [1.807, 2.05) is 56.5 Å². The van der Waals surface area contributed by atoms with E-state index in [0.717, 1.165) is 5.56 Å². The Labute approximate surface area is 156 Å². The van der Waals surface area contributed by atoms with Crippen molar-refractivity contribution in [2.75, 3.05) is 11.4 Å². The zero-order valence-electron chi connectivity index (χ0n) is 15.3. The fourth-order valence-corrected chi connectivity index (χ4v) is 4.34. The summed E-state index contributed by atoms with van der Waals surface area (Å²) in [7, 11) is 1.64. The monoisotopic (exact) mass is 370 g/mol. The molecule has 0 aliphatic carbocycles. The normalized spacial score (nSPS) is 11.3. The molecule has 0 atom stereocenters. The number of rotatable bonds is 4. The predicted molar refractivity (Wildman–Crippen MR) is 107 cm³/mol. The molecule has 1 N–H and O–H groups in total. The molecule has 3 rings (SSSR count). The van der Waals surface area contributed by atoms with Crippen LogP contribution in [0.2, 0.25) is 0 Å². The van der Waals surface area contributed by atoms with Gasteiger partial charge in [0.05, 0.1) is 5.39 Å². The molecule has 1 aromatic carbocycles. The molecule has 1 amide bonds. The van der Waals surface area contributed by atoms with Crippen LogP contribution in [0.3, 0.4) is 0 Å². The van der Waals surface area contributed by atoms with E-state index in [1.165, 1.54) is 20.8 Å². The van der Waals surface area contributed by atoms with Crippen molar-refractivity contribution in [3.8, 4) is 5.75 Å². The molecule has 0 spiro atoms. The maximum atomic E-state index is 13.2. The van der Waals surface area contributed by atoms with E-state index in [0.29, 0.717) is 22.4 Å². The second-order valence-electron chi connectivity index (χ2n) is 6.50. The van der Waals surface area contributed by atoms with E-state index < -0.39 is 11.5 Å². The van der Waals surface area contributed by atoms with Crippen molar-refractivity contribution >= 4 is 33.1 Å². The number of para-hydroxylation sites is 1. The van der Waals surface area contributed by atoms with Crippen LogP contribution in [-0.4, -0.2) is 22.1 Å². The van der Waals surface area contributed by atoms with Gasteiger partial charge in [-0.1, -0.05) is 32.0 Å². The van der Waals surface area contributed by atoms with Gasteiger partial charge in [0.15, 0.2) is 0 Å². The highest BCUT2D eigenvalue weighted by Gasteiger charge is 2.28. The summed E-state index contributed by atoms with van der Waals surface area (Å²) in [5, 5.41) is 13.4. The minimum atomic E-state index is -0.486. The van der Waals surface area contributed by atoms with Crippen LogP contribution in [-0.2, 0) is 7.05 Å². The molecule has 136 valence electrons. The number of amides is 1. The number of aromatic nitrogens is 1. The van der Waals surface area contributed by atoms with E-state index >= 15 is 0 Å². The standard InChI is InChI=1S/C20H22N2O3S/c1-5-22(13-9-7-6-8-10-13)19(25)16-17(23)15-14(12(2)3)11-26-20(15)21(4)18(16)24/h6-12,23H,5H2,1-4H3. The SMILES string of the molecule is CCN(C(=O)c1c(O)c2c(C(C)C)csc2n(C)c1=O)c1ccccc1. The van der Waals surface area contributed by atoms with Gasteiger partial charge in [0.2, 0.25) is 0 Å². The van der Waals surface area contributed by atoms with Crippen LogP contribution >= 0.6 is 11.3 Å². The molecular weight excluding hydrogens is 348 g/mol. The second-order valence-corrected chi connectivity index (χ2v) is 7.36. The number of thiophene rings is 1. The number of pyridine rings is 1. The van der Waals surface area contributed by atoms with E-state index in [9.17, 15) is 14.7 Å². The molecule has 26 heavy (non-hydrogen) atoms. The summed E-state index contributed by atoms with van der Waals surface area (Å²) in [6, 6.07) is 9.16. The average Bonchev–Trinajstić information content (AvgIpc) is 3.07. The fraction of sp³-hybridized carbons (Fsp3) is 0.300. The number of benzene rings is 1. The third-order valence-corrected chi connectivity index (χ3v) is 5.63. The smallest absolute Gasteiger partial charge is 0.268 e. The van der Waals surface area contributed by atoms with Crippen molar-refractivity contribution in [1.82, 2.24) is 4.57 Å². The lowest BCUT2D eigenvalue weighted by molar-refractivity contribution is 0.0984. The molecular formula is C20H22N2O3S. The third-order valence-electron chi connectivity index (χ3n) is 4.56. The van der Waals surface area contributed by atoms with Crippen molar-refractivity contribution in [2.45, 2.75) is 26.7 Å². The van der Waals surface area contributed by atoms with E-state index in [4.69, 9.17) is 0 Å². The zero-order chi connectivity index (χ0) is 19.0. The number of carbonyl (C=O) groups excluding carboxylic acids is 1. The maximum absolute atomic E-state index is 13.2. The summed E-state index contributed by atoms with van der Waals surface area (Å²) >= 11 is 1.41. The predicted octanol–water partition coefficient (Wildman–Crippen LogP) is 4.10. The van der Waals surface area contributed by atoms with Gasteiger partial charge >= 0.3 is 0 Å². The number of aromatic hydroxyl groups is 1. The van der Waals surface area contributed by atoms with Crippen LogP contribution in [0.25, 0.3) is 10.2 Å². The summed E-state index contributed by atoms with van der Waals surface area (Å²) in [5.41, 5.74) is 0.975. The number of aryl methyl sites for hydroxylation is 1.